The minimum atomic E-state index is -1.50. The van der Waals surface area contributed by atoms with Gasteiger partial charge in [0.25, 0.3) is 5.56 Å². The number of benzene rings is 1. The normalized spacial score (nSPS) is 15.2. The average Bonchev–Trinajstić information content (AvgIpc) is 2.69. The third kappa shape index (κ3) is 4.47. The number of carboxylic acids is 2. The van der Waals surface area contributed by atoms with Crippen LogP contribution in [0.25, 0.3) is 11.1 Å². The first-order valence-corrected chi connectivity index (χ1v) is 10.2. The fourth-order valence-electron chi connectivity index (χ4n) is 4.18. The van der Waals surface area contributed by atoms with Crippen molar-refractivity contribution < 1.29 is 19.8 Å². The summed E-state index contributed by atoms with van der Waals surface area (Å²) in [6.07, 6.45) is 0. The van der Waals surface area contributed by atoms with E-state index >= 15 is 0 Å². The van der Waals surface area contributed by atoms with Crippen LogP contribution in [0.5, 0.6) is 0 Å². The molecule has 166 valence electrons. The highest BCUT2D eigenvalue weighted by atomic mass is 16.4. The summed E-state index contributed by atoms with van der Waals surface area (Å²) >= 11 is 0. The minimum Gasteiger partial charge on any atom is -0.478 e. The Labute approximate surface area is 180 Å². The molecule has 0 radical (unpaired) electrons. The molecule has 2 aromatic rings. The highest BCUT2D eigenvalue weighted by Gasteiger charge is 2.28. The number of carboxylic acid groups (broad SMARTS) is 2. The molecule has 1 aromatic carbocycles. The molecule has 31 heavy (non-hydrogen) atoms. The van der Waals surface area contributed by atoms with Crippen molar-refractivity contribution in [1.29, 1.82) is 0 Å². The molecule has 9 heteroatoms. The van der Waals surface area contributed by atoms with Crippen LogP contribution in [-0.2, 0) is 6.54 Å². The molecule has 1 aliphatic rings. The van der Waals surface area contributed by atoms with E-state index in [1.165, 1.54) is 0 Å². The molecule has 9 nitrogen and oxygen atoms in total. The Morgan fingerprint density at radius 2 is 1.61 bits per heavy atom. The lowest BCUT2D eigenvalue weighted by Crippen LogP contribution is -2.45. The molecule has 0 spiro atoms. The molecule has 0 saturated carbocycles. The predicted molar refractivity (Wildman–Crippen MR) is 118 cm³/mol. The van der Waals surface area contributed by atoms with Gasteiger partial charge in [-0.25, -0.2) is 9.59 Å². The number of rotatable bonds is 6. The van der Waals surface area contributed by atoms with Gasteiger partial charge in [-0.2, -0.15) is 0 Å². The van der Waals surface area contributed by atoms with Crippen LogP contribution in [0, 0.1) is 13.8 Å². The summed E-state index contributed by atoms with van der Waals surface area (Å²) in [7, 11) is 0. The van der Waals surface area contributed by atoms with Crippen LogP contribution >= 0.6 is 0 Å². The van der Waals surface area contributed by atoms with Crippen molar-refractivity contribution in [2.24, 2.45) is 0 Å². The van der Waals surface area contributed by atoms with Gasteiger partial charge in [-0.15, -0.1) is 0 Å². The number of nitrogens with two attached hydrogens (primary N) is 1. The van der Waals surface area contributed by atoms with Gasteiger partial charge in [0.05, 0.1) is 0 Å². The summed E-state index contributed by atoms with van der Waals surface area (Å²) < 4.78 is 0. The van der Waals surface area contributed by atoms with Crippen molar-refractivity contribution >= 4 is 17.8 Å². The SMILES string of the molecule is CCN1CCN(Cc2cc(C)cc(-c3c(C(=O)O)c(N)[nH]c(=O)c3C(=O)O)c2C)CC1. The van der Waals surface area contributed by atoms with E-state index in [9.17, 15) is 24.6 Å². The van der Waals surface area contributed by atoms with Crippen LogP contribution in [-0.4, -0.2) is 69.7 Å². The van der Waals surface area contributed by atoms with Crippen molar-refractivity contribution in [2.75, 3.05) is 38.5 Å². The van der Waals surface area contributed by atoms with Crippen LogP contribution < -0.4 is 11.3 Å². The van der Waals surface area contributed by atoms with Crippen molar-refractivity contribution in [1.82, 2.24) is 14.8 Å². The molecule has 2 heterocycles. The molecule has 0 amide bonds. The molecule has 1 aromatic heterocycles. The molecule has 0 aliphatic carbocycles. The zero-order valence-corrected chi connectivity index (χ0v) is 18.0. The fourth-order valence-corrected chi connectivity index (χ4v) is 4.18. The Morgan fingerprint density at radius 1 is 1.03 bits per heavy atom. The van der Waals surface area contributed by atoms with Gasteiger partial charge in [-0.1, -0.05) is 24.6 Å². The first kappa shape index (κ1) is 22.5. The number of aryl methyl sites for hydroxylation is 1. The number of nitrogens with one attached hydrogen (secondary N) is 1. The molecule has 0 unspecified atom stereocenters. The number of aromatic nitrogens is 1. The first-order valence-electron chi connectivity index (χ1n) is 10.2. The van der Waals surface area contributed by atoms with Gasteiger partial charge in [-0.05, 0) is 37.1 Å². The molecular formula is C22H28N4O5. The number of likely N-dealkylation sites (N-methyl/N-ethyl adjacent to an activating group) is 1. The Kier molecular flexibility index (Phi) is 6.47. The second-order valence-electron chi connectivity index (χ2n) is 7.91. The Hall–Kier alpha value is -3.17. The van der Waals surface area contributed by atoms with Gasteiger partial charge < -0.3 is 25.8 Å². The van der Waals surface area contributed by atoms with Crippen LogP contribution in [0.3, 0.4) is 0 Å². The molecule has 3 rings (SSSR count). The first-order chi connectivity index (χ1) is 14.6. The van der Waals surface area contributed by atoms with E-state index < -0.39 is 28.6 Å². The van der Waals surface area contributed by atoms with E-state index in [2.05, 4.69) is 21.7 Å². The molecule has 5 N–H and O–H groups in total. The van der Waals surface area contributed by atoms with E-state index in [-0.39, 0.29) is 11.4 Å². The zero-order valence-electron chi connectivity index (χ0n) is 18.0. The number of aromatic amines is 1. The standard InChI is InChI=1S/C22H28N4O5/c1-4-25-5-7-26(8-6-25)11-14-9-12(2)10-15(13(14)3)16-17(21(28)29)19(23)24-20(27)18(16)22(30)31/h9-10H,4-8,11H2,1-3H3,(H,28,29)(H,30,31)(H3,23,24,27). The number of pyridine rings is 1. The smallest absolute Gasteiger partial charge is 0.342 e. The van der Waals surface area contributed by atoms with Crippen molar-refractivity contribution in [2.45, 2.75) is 27.3 Å². The maximum absolute atomic E-state index is 12.4. The Morgan fingerprint density at radius 3 is 2.16 bits per heavy atom. The second kappa shape index (κ2) is 8.91. The third-order valence-electron chi connectivity index (χ3n) is 5.91. The summed E-state index contributed by atoms with van der Waals surface area (Å²) in [4.78, 5) is 43.1. The van der Waals surface area contributed by atoms with Crippen LogP contribution in [0.4, 0.5) is 5.82 Å². The molecule has 1 aliphatic heterocycles. The van der Waals surface area contributed by atoms with E-state index in [1.807, 2.05) is 19.9 Å². The van der Waals surface area contributed by atoms with Gasteiger partial charge >= 0.3 is 11.9 Å². The number of aromatic carboxylic acids is 2. The van der Waals surface area contributed by atoms with E-state index in [1.54, 1.807) is 6.07 Å². The number of nitrogens with zero attached hydrogens (tertiary/aromatic N) is 2. The molecular weight excluding hydrogens is 400 g/mol. The van der Waals surface area contributed by atoms with Gasteiger partial charge in [0, 0.05) is 38.3 Å². The third-order valence-corrected chi connectivity index (χ3v) is 5.91. The highest BCUT2D eigenvalue weighted by molar-refractivity contribution is 6.07. The number of hydrogen-bond donors (Lipinski definition) is 4. The lowest BCUT2D eigenvalue weighted by atomic mass is 9.88. The minimum absolute atomic E-state index is 0.153. The Balaban J connectivity index is 2.16. The van der Waals surface area contributed by atoms with Gasteiger partial charge in [0.1, 0.15) is 16.9 Å². The average molecular weight is 428 g/mol. The van der Waals surface area contributed by atoms with Crippen molar-refractivity contribution in [3.8, 4) is 11.1 Å². The zero-order chi connectivity index (χ0) is 22.9. The molecule has 1 saturated heterocycles. The molecule has 0 bridgehead atoms. The lowest BCUT2D eigenvalue weighted by molar-refractivity contribution is 0.0695. The van der Waals surface area contributed by atoms with E-state index in [0.717, 1.165) is 49.4 Å². The summed E-state index contributed by atoms with van der Waals surface area (Å²) in [5, 5.41) is 19.4. The lowest BCUT2D eigenvalue weighted by Gasteiger charge is -2.34. The topological polar surface area (TPSA) is 140 Å². The van der Waals surface area contributed by atoms with Gasteiger partial charge in [-0.3, -0.25) is 9.69 Å². The number of piperazine rings is 1. The highest BCUT2D eigenvalue weighted by Crippen LogP contribution is 2.34. The quantitative estimate of drug-likeness (QED) is 0.546. The second-order valence-corrected chi connectivity index (χ2v) is 7.91. The Bertz CT molecular complexity index is 1080. The molecule has 1 fully saturated rings. The predicted octanol–water partition coefficient (Wildman–Crippen LogP) is 1.77. The number of nitrogen functional groups attached to an aromatic ring is 1. The maximum atomic E-state index is 12.4. The van der Waals surface area contributed by atoms with Crippen LogP contribution in [0.15, 0.2) is 16.9 Å². The monoisotopic (exact) mass is 428 g/mol. The summed E-state index contributed by atoms with van der Waals surface area (Å²) in [5.74, 6) is -3.27. The number of hydrogen-bond acceptors (Lipinski definition) is 6. The van der Waals surface area contributed by atoms with Crippen LogP contribution in [0.2, 0.25) is 0 Å². The van der Waals surface area contributed by atoms with Gasteiger partial charge in [0.2, 0.25) is 0 Å². The van der Waals surface area contributed by atoms with Crippen molar-refractivity contribution in [3.05, 3.63) is 50.3 Å². The summed E-state index contributed by atoms with van der Waals surface area (Å²) in [6, 6.07) is 3.73. The number of H-pyrrole nitrogens is 1. The van der Waals surface area contributed by atoms with Crippen LogP contribution in [0.1, 0.15) is 44.3 Å². The van der Waals surface area contributed by atoms with E-state index in [4.69, 9.17) is 5.73 Å². The van der Waals surface area contributed by atoms with Crippen molar-refractivity contribution in [3.63, 3.8) is 0 Å². The molecule has 0 atom stereocenters. The summed E-state index contributed by atoms with van der Waals surface area (Å²) in [5.41, 5.74) is 6.62. The number of anilines is 1. The summed E-state index contributed by atoms with van der Waals surface area (Å²) in [6.45, 7) is 11.3. The van der Waals surface area contributed by atoms with E-state index in [0.29, 0.717) is 12.1 Å². The largest absolute Gasteiger partial charge is 0.478 e. The van der Waals surface area contributed by atoms with Gasteiger partial charge in [0.15, 0.2) is 0 Å². The fraction of sp³-hybridized carbons (Fsp3) is 0.409. The number of carbonyl (C=O) groups is 2. The maximum Gasteiger partial charge on any atom is 0.342 e.